The van der Waals surface area contributed by atoms with E-state index < -0.39 is 21.4 Å². The molecule has 2 unspecified atom stereocenters. The molecule has 1 aliphatic rings. The van der Waals surface area contributed by atoms with E-state index in [-0.39, 0.29) is 11.5 Å². The lowest BCUT2D eigenvalue weighted by Crippen LogP contribution is -2.53. The minimum absolute atomic E-state index is 0.0615. The van der Waals surface area contributed by atoms with Crippen LogP contribution in [0.5, 0.6) is 0 Å². The number of sulfonamides is 1. The van der Waals surface area contributed by atoms with Crippen LogP contribution in [0.15, 0.2) is 23.1 Å². The van der Waals surface area contributed by atoms with E-state index >= 15 is 0 Å². The summed E-state index contributed by atoms with van der Waals surface area (Å²) in [5.41, 5.74) is -0.351. The van der Waals surface area contributed by atoms with Gasteiger partial charge in [-0.3, -0.25) is 0 Å². The molecule has 1 saturated carbocycles. The molecule has 21 heavy (non-hydrogen) atoms. The molecule has 1 aliphatic carbocycles. The van der Waals surface area contributed by atoms with Gasteiger partial charge in [-0.2, -0.15) is 0 Å². The van der Waals surface area contributed by atoms with Crippen LogP contribution in [0.3, 0.4) is 0 Å². The molecule has 0 amide bonds. The maximum atomic E-state index is 13.4. The standard InChI is InChI=1S/C15H22FNO3S/c1-11-4-3-7-15(9-11,10-18)17-21(19,20)14-8-13(16)6-5-12(14)2/h5-6,8,11,17-18H,3-4,7,9-10H2,1-2H3. The van der Waals surface area contributed by atoms with Crippen LogP contribution < -0.4 is 4.72 Å². The highest BCUT2D eigenvalue weighted by Crippen LogP contribution is 2.33. The van der Waals surface area contributed by atoms with Crippen LogP contribution in [0.2, 0.25) is 0 Å². The van der Waals surface area contributed by atoms with Crippen LogP contribution in [0.4, 0.5) is 4.39 Å². The number of aliphatic hydroxyl groups excluding tert-OH is 1. The molecule has 0 saturated heterocycles. The molecule has 2 rings (SSSR count). The van der Waals surface area contributed by atoms with E-state index in [2.05, 4.69) is 4.72 Å². The van der Waals surface area contributed by atoms with Crippen molar-refractivity contribution < 1.29 is 17.9 Å². The molecule has 6 heteroatoms. The Kier molecular flexibility index (Phi) is 4.70. The lowest BCUT2D eigenvalue weighted by molar-refractivity contribution is 0.119. The lowest BCUT2D eigenvalue weighted by atomic mass is 9.78. The van der Waals surface area contributed by atoms with E-state index in [1.54, 1.807) is 6.92 Å². The zero-order valence-electron chi connectivity index (χ0n) is 12.4. The minimum Gasteiger partial charge on any atom is -0.394 e. The molecule has 0 spiro atoms. The van der Waals surface area contributed by atoms with Crippen LogP contribution in [-0.4, -0.2) is 25.7 Å². The highest BCUT2D eigenvalue weighted by Gasteiger charge is 2.38. The third-order valence-electron chi connectivity index (χ3n) is 4.18. The van der Waals surface area contributed by atoms with Gasteiger partial charge in [-0.15, -0.1) is 0 Å². The largest absolute Gasteiger partial charge is 0.394 e. The Morgan fingerprint density at radius 3 is 2.81 bits per heavy atom. The van der Waals surface area contributed by atoms with Gasteiger partial charge in [0, 0.05) is 0 Å². The normalized spacial score (nSPS) is 26.8. The first-order valence-corrected chi connectivity index (χ1v) is 8.67. The number of hydrogen-bond acceptors (Lipinski definition) is 3. The van der Waals surface area contributed by atoms with Crippen molar-refractivity contribution in [3.63, 3.8) is 0 Å². The number of benzene rings is 1. The smallest absolute Gasteiger partial charge is 0.241 e. The van der Waals surface area contributed by atoms with E-state index in [0.29, 0.717) is 24.3 Å². The second-order valence-corrected chi connectivity index (χ2v) is 7.81. The molecule has 1 fully saturated rings. The first-order chi connectivity index (χ1) is 9.78. The predicted octanol–water partition coefficient (Wildman–Crippen LogP) is 2.35. The molecule has 2 N–H and O–H groups in total. The van der Waals surface area contributed by atoms with Gasteiger partial charge in [0.2, 0.25) is 10.0 Å². The fourth-order valence-corrected chi connectivity index (χ4v) is 4.82. The highest BCUT2D eigenvalue weighted by atomic mass is 32.2. The van der Waals surface area contributed by atoms with Crippen molar-refractivity contribution in [3.05, 3.63) is 29.6 Å². The van der Waals surface area contributed by atoms with Gasteiger partial charge in [0.1, 0.15) is 5.82 Å². The Balaban J connectivity index is 2.33. The zero-order chi connectivity index (χ0) is 15.7. The molecule has 1 aromatic carbocycles. The Labute approximate surface area is 125 Å². The Bertz CT molecular complexity index is 617. The van der Waals surface area contributed by atoms with Crippen molar-refractivity contribution in [1.82, 2.24) is 4.72 Å². The van der Waals surface area contributed by atoms with Gasteiger partial charge in [0.15, 0.2) is 0 Å². The van der Waals surface area contributed by atoms with Crippen molar-refractivity contribution in [2.24, 2.45) is 5.92 Å². The molecule has 0 bridgehead atoms. The first kappa shape index (κ1) is 16.4. The van der Waals surface area contributed by atoms with Crippen LogP contribution in [-0.2, 0) is 10.0 Å². The second-order valence-electron chi connectivity index (χ2n) is 6.16. The molecular formula is C15H22FNO3S. The highest BCUT2D eigenvalue weighted by molar-refractivity contribution is 7.89. The summed E-state index contributed by atoms with van der Waals surface area (Å²) in [6.45, 7) is 3.43. The minimum atomic E-state index is -3.86. The van der Waals surface area contributed by atoms with Gasteiger partial charge in [0.25, 0.3) is 0 Å². The van der Waals surface area contributed by atoms with Crippen LogP contribution in [0, 0.1) is 18.7 Å². The topological polar surface area (TPSA) is 66.4 Å². The molecule has 4 nitrogen and oxygen atoms in total. The predicted molar refractivity (Wildman–Crippen MR) is 78.9 cm³/mol. The average molecular weight is 315 g/mol. The number of halogens is 1. The van der Waals surface area contributed by atoms with Crippen LogP contribution in [0.1, 0.15) is 38.2 Å². The molecule has 0 radical (unpaired) electrons. The third-order valence-corrected chi connectivity index (χ3v) is 5.91. The first-order valence-electron chi connectivity index (χ1n) is 7.19. The fourth-order valence-electron chi connectivity index (χ4n) is 3.13. The molecule has 2 atom stereocenters. The maximum Gasteiger partial charge on any atom is 0.241 e. The molecule has 0 aliphatic heterocycles. The summed E-state index contributed by atoms with van der Waals surface area (Å²) >= 11 is 0. The van der Waals surface area contributed by atoms with E-state index in [0.717, 1.165) is 18.9 Å². The van der Waals surface area contributed by atoms with Crippen molar-refractivity contribution in [2.45, 2.75) is 50.0 Å². The van der Waals surface area contributed by atoms with E-state index in [9.17, 15) is 17.9 Å². The lowest BCUT2D eigenvalue weighted by Gasteiger charge is -2.39. The van der Waals surface area contributed by atoms with Gasteiger partial charge in [-0.05, 0) is 43.4 Å². The zero-order valence-corrected chi connectivity index (χ0v) is 13.2. The van der Waals surface area contributed by atoms with Crippen molar-refractivity contribution in [3.8, 4) is 0 Å². The quantitative estimate of drug-likeness (QED) is 0.896. The summed E-state index contributed by atoms with van der Waals surface area (Å²) in [5, 5.41) is 9.69. The average Bonchev–Trinajstić information content (AvgIpc) is 2.41. The number of hydrogen-bond donors (Lipinski definition) is 2. The molecule has 1 aromatic rings. The Hall–Kier alpha value is -0.980. The van der Waals surface area contributed by atoms with Crippen molar-refractivity contribution >= 4 is 10.0 Å². The summed E-state index contributed by atoms with van der Waals surface area (Å²) in [5.74, 6) is -0.238. The van der Waals surface area contributed by atoms with Gasteiger partial charge in [-0.1, -0.05) is 25.8 Å². The summed E-state index contributed by atoms with van der Waals surface area (Å²) < 4.78 is 41.1. The molecule has 0 heterocycles. The number of aliphatic hydroxyl groups is 1. The van der Waals surface area contributed by atoms with Gasteiger partial charge in [0.05, 0.1) is 17.0 Å². The summed E-state index contributed by atoms with van der Waals surface area (Å²) in [4.78, 5) is -0.0615. The number of aryl methyl sites for hydroxylation is 1. The number of rotatable bonds is 4. The van der Waals surface area contributed by atoms with Crippen molar-refractivity contribution in [1.29, 1.82) is 0 Å². The van der Waals surface area contributed by atoms with E-state index in [1.807, 2.05) is 6.92 Å². The fraction of sp³-hybridized carbons (Fsp3) is 0.600. The van der Waals surface area contributed by atoms with E-state index in [4.69, 9.17) is 0 Å². The number of nitrogens with one attached hydrogen (secondary N) is 1. The Morgan fingerprint density at radius 1 is 1.48 bits per heavy atom. The summed E-state index contributed by atoms with van der Waals surface area (Å²) in [6.07, 6.45) is 3.09. The summed E-state index contributed by atoms with van der Waals surface area (Å²) in [6, 6.07) is 3.70. The van der Waals surface area contributed by atoms with Gasteiger partial charge >= 0.3 is 0 Å². The van der Waals surface area contributed by atoms with Crippen LogP contribution in [0.25, 0.3) is 0 Å². The SMILES string of the molecule is Cc1ccc(F)cc1S(=O)(=O)NC1(CO)CCCC(C)C1. The molecule has 118 valence electrons. The maximum absolute atomic E-state index is 13.4. The monoisotopic (exact) mass is 315 g/mol. The summed E-state index contributed by atoms with van der Waals surface area (Å²) in [7, 11) is -3.86. The molecule has 0 aromatic heterocycles. The van der Waals surface area contributed by atoms with Gasteiger partial charge in [-0.25, -0.2) is 17.5 Å². The second kappa shape index (κ2) is 6.02. The van der Waals surface area contributed by atoms with E-state index in [1.165, 1.54) is 12.1 Å². The molecular weight excluding hydrogens is 293 g/mol. The third kappa shape index (κ3) is 3.62. The van der Waals surface area contributed by atoms with Crippen LogP contribution >= 0.6 is 0 Å². The van der Waals surface area contributed by atoms with Gasteiger partial charge < -0.3 is 5.11 Å². The van der Waals surface area contributed by atoms with Crippen molar-refractivity contribution in [2.75, 3.05) is 6.61 Å². The Morgan fingerprint density at radius 2 is 2.19 bits per heavy atom.